The summed E-state index contributed by atoms with van der Waals surface area (Å²) < 4.78 is 27.1. The van der Waals surface area contributed by atoms with Gasteiger partial charge in [-0.2, -0.15) is 4.31 Å². The van der Waals surface area contributed by atoms with E-state index in [1.165, 1.54) is 63.9 Å². The van der Waals surface area contributed by atoms with Crippen molar-refractivity contribution in [2.45, 2.75) is 24.8 Å². The summed E-state index contributed by atoms with van der Waals surface area (Å²) in [4.78, 5) is 41.9. The van der Waals surface area contributed by atoms with Gasteiger partial charge in [0.15, 0.2) is 0 Å². The normalized spacial score (nSPS) is 13.2. The monoisotopic (exact) mass is 530 g/mol. The number of carbonyl (C=O) groups excluding carboxylic acids is 3. The average molecular weight is 531 g/mol. The molecule has 36 heavy (non-hydrogen) atoms. The Kier molecular flexibility index (Phi) is 8.49. The summed E-state index contributed by atoms with van der Waals surface area (Å²) in [6.45, 7) is 9.84. The van der Waals surface area contributed by atoms with Crippen LogP contribution in [0.3, 0.4) is 0 Å². The highest BCUT2D eigenvalue weighted by Crippen LogP contribution is 2.38. The zero-order valence-electron chi connectivity index (χ0n) is 20.6. The third-order valence-electron chi connectivity index (χ3n) is 5.77. The van der Waals surface area contributed by atoms with E-state index in [1.807, 2.05) is 0 Å². The number of nitrogens with zero attached hydrogens (tertiary/aromatic N) is 3. The Morgan fingerprint density at radius 2 is 1.72 bits per heavy atom. The van der Waals surface area contributed by atoms with Gasteiger partial charge in [0.1, 0.15) is 5.00 Å². The second kappa shape index (κ2) is 11.2. The number of rotatable bonds is 9. The summed E-state index contributed by atoms with van der Waals surface area (Å²) in [5.41, 5.74) is 1.52. The summed E-state index contributed by atoms with van der Waals surface area (Å²) in [6.07, 6.45) is 3.51. The van der Waals surface area contributed by atoms with Crippen molar-refractivity contribution in [3.8, 4) is 0 Å². The van der Waals surface area contributed by atoms with E-state index in [-0.39, 0.29) is 35.4 Å². The molecule has 0 spiro atoms. The van der Waals surface area contributed by atoms with Crippen molar-refractivity contribution in [3.63, 3.8) is 0 Å². The predicted molar refractivity (Wildman–Crippen MR) is 141 cm³/mol. The molecule has 0 aliphatic carbocycles. The van der Waals surface area contributed by atoms with Crippen molar-refractivity contribution >= 4 is 44.1 Å². The molecule has 0 fully saturated rings. The number of benzene rings is 1. The quantitative estimate of drug-likeness (QED) is 0.502. The van der Waals surface area contributed by atoms with Crippen molar-refractivity contribution < 1.29 is 22.8 Å². The van der Waals surface area contributed by atoms with Gasteiger partial charge in [0.25, 0.3) is 11.8 Å². The molecule has 11 heteroatoms. The Balaban J connectivity index is 1.89. The summed E-state index contributed by atoms with van der Waals surface area (Å²) in [5, 5.41) is 3.24. The fraction of sp³-hybridized carbons (Fsp3) is 0.320. The molecule has 0 radical (unpaired) electrons. The molecule has 1 aromatic heterocycles. The number of hydrogen-bond acceptors (Lipinski definition) is 6. The maximum absolute atomic E-state index is 13.1. The van der Waals surface area contributed by atoms with Gasteiger partial charge in [0.2, 0.25) is 15.9 Å². The van der Waals surface area contributed by atoms with Gasteiger partial charge in [-0.1, -0.05) is 12.2 Å². The molecule has 0 unspecified atom stereocenters. The van der Waals surface area contributed by atoms with Crippen molar-refractivity contribution in [1.29, 1.82) is 0 Å². The van der Waals surface area contributed by atoms with Crippen molar-refractivity contribution in [2.75, 3.05) is 39.0 Å². The lowest BCUT2D eigenvalue weighted by atomic mass is 10.0. The molecular weight excluding hydrogens is 500 g/mol. The molecule has 0 bridgehead atoms. The van der Waals surface area contributed by atoms with Gasteiger partial charge >= 0.3 is 0 Å². The Morgan fingerprint density at radius 3 is 2.25 bits per heavy atom. The first kappa shape index (κ1) is 27.3. The first-order valence-electron chi connectivity index (χ1n) is 11.3. The number of thiophene rings is 1. The number of anilines is 1. The number of nitrogens with one attached hydrogen (secondary N) is 1. The lowest BCUT2D eigenvalue weighted by Gasteiger charge is -2.26. The topological polar surface area (TPSA) is 107 Å². The maximum Gasteiger partial charge on any atom is 0.256 e. The van der Waals surface area contributed by atoms with Gasteiger partial charge in [-0.05, 0) is 36.2 Å². The minimum Gasteiger partial charge on any atom is -0.345 e. The van der Waals surface area contributed by atoms with Crippen LogP contribution in [0.5, 0.6) is 0 Å². The third kappa shape index (κ3) is 5.58. The van der Waals surface area contributed by atoms with E-state index in [1.54, 1.807) is 19.0 Å². The number of carbonyl (C=O) groups is 3. The first-order chi connectivity index (χ1) is 17.0. The lowest BCUT2D eigenvalue weighted by Crippen LogP contribution is -2.34. The first-order valence-corrected chi connectivity index (χ1v) is 13.5. The zero-order valence-corrected chi connectivity index (χ0v) is 22.2. The molecule has 2 aromatic rings. The molecule has 0 saturated carbocycles. The zero-order chi connectivity index (χ0) is 26.6. The van der Waals surface area contributed by atoms with Gasteiger partial charge < -0.3 is 15.1 Å². The molecule has 3 amide bonds. The smallest absolute Gasteiger partial charge is 0.256 e. The van der Waals surface area contributed by atoms with Crippen molar-refractivity contribution in [2.24, 2.45) is 0 Å². The van der Waals surface area contributed by atoms with Crippen LogP contribution in [0.2, 0.25) is 0 Å². The standard InChI is InChI=1S/C25H30N4O5S2/c1-6-13-29(14-7-2)36(33,34)19-10-8-18(9-11-19)23(31)26-24-22(25(32)27(4)5)20-12-15-28(17(3)30)16-21(20)35-24/h6-11H,1-2,12-16H2,3-5H3,(H,26,31). The Hall–Kier alpha value is -3.28. The molecule has 1 aliphatic rings. The van der Waals surface area contributed by atoms with Gasteiger partial charge in [0.05, 0.1) is 17.0 Å². The van der Waals surface area contributed by atoms with E-state index in [0.717, 1.165) is 10.4 Å². The molecule has 2 heterocycles. The second-order valence-electron chi connectivity index (χ2n) is 8.48. The summed E-state index contributed by atoms with van der Waals surface area (Å²) >= 11 is 1.28. The lowest BCUT2D eigenvalue weighted by molar-refractivity contribution is -0.129. The Bertz CT molecular complexity index is 1290. The predicted octanol–water partition coefficient (Wildman–Crippen LogP) is 2.97. The van der Waals surface area contributed by atoms with Crippen LogP contribution < -0.4 is 5.32 Å². The van der Waals surface area contributed by atoms with Crippen molar-refractivity contribution in [3.05, 3.63) is 71.1 Å². The number of amides is 3. The number of fused-ring (bicyclic) bond motifs is 1. The van der Waals surface area contributed by atoms with Crippen LogP contribution in [-0.2, 0) is 27.8 Å². The van der Waals surface area contributed by atoms with Crippen LogP contribution in [0, 0.1) is 0 Å². The maximum atomic E-state index is 13.1. The van der Waals surface area contributed by atoms with Crippen LogP contribution in [0.4, 0.5) is 5.00 Å². The minimum absolute atomic E-state index is 0.0436. The van der Waals surface area contributed by atoms with Crippen LogP contribution >= 0.6 is 11.3 Å². The molecule has 1 aromatic carbocycles. The Morgan fingerprint density at radius 1 is 1.11 bits per heavy atom. The van der Waals surface area contributed by atoms with Gasteiger partial charge in [0, 0.05) is 51.1 Å². The molecule has 1 aliphatic heterocycles. The van der Waals surface area contributed by atoms with E-state index in [2.05, 4.69) is 18.5 Å². The number of hydrogen-bond donors (Lipinski definition) is 1. The highest BCUT2D eigenvalue weighted by molar-refractivity contribution is 7.89. The molecule has 9 nitrogen and oxygen atoms in total. The average Bonchev–Trinajstić information content (AvgIpc) is 3.20. The number of sulfonamides is 1. The molecule has 0 atom stereocenters. The SMILES string of the molecule is C=CCN(CC=C)S(=O)(=O)c1ccc(C(=O)Nc2sc3c(c2C(=O)N(C)C)CCN(C(C)=O)C3)cc1. The van der Waals surface area contributed by atoms with Crippen LogP contribution in [0.25, 0.3) is 0 Å². The largest absolute Gasteiger partial charge is 0.345 e. The van der Waals surface area contributed by atoms with E-state index in [4.69, 9.17) is 0 Å². The highest BCUT2D eigenvalue weighted by atomic mass is 32.2. The van der Waals surface area contributed by atoms with Crippen LogP contribution in [0.15, 0.2) is 54.5 Å². The van der Waals surface area contributed by atoms with Crippen molar-refractivity contribution in [1.82, 2.24) is 14.1 Å². The fourth-order valence-electron chi connectivity index (χ4n) is 3.87. The Labute approximate surface area is 215 Å². The second-order valence-corrected chi connectivity index (χ2v) is 11.5. The minimum atomic E-state index is -3.79. The summed E-state index contributed by atoms with van der Waals surface area (Å²) in [5.74, 6) is -0.747. The van der Waals surface area contributed by atoms with Gasteiger partial charge in [-0.15, -0.1) is 24.5 Å². The van der Waals surface area contributed by atoms with E-state index in [0.29, 0.717) is 30.1 Å². The summed E-state index contributed by atoms with van der Waals surface area (Å²) in [6, 6.07) is 5.61. The molecule has 0 saturated heterocycles. The summed E-state index contributed by atoms with van der Waals surface area (Å²) in [7, 11) is -0.504. The van der Waals surface area contributed by atoms with E-state index < -0.39 is 15.9 Å². The van der Waals surface area contributed by atoms with Crippen LogP contribution in [-0.4, -0.2) is 74.0 Å². The molecular formula is C25H30N4O5S2. The van der Waals surface area contributed by atoms with E-state index >= 15 is 0 Å². The fourth-order valence-corrected chi connectivity index (χ4v) is 6.50. The molecule has 3 rings (SSSR count). The van der Waals surface area contributed by atoms with Gasteiger partial charge in [-0.3, -0.25) is 14.4 Å². The van der Waals surface area contributed by atoms with Gasteiger partial charge in [-0.25, -0.2) is 8.42 Å². The van der Waals surface area contributed by atoms with Crippen LogP contribution in [0.1, 0.15) is 38.1 Å². The highest BCUT2D eigenvalue weighted by Gasteiger charge is 2.30. The molecule has 1 N–H and O–H groups in total. The van der Waals surface area contributed by atoms with E-state index in [9.17, 15) is 22.8 Å². The molecule has 192 valence electrons. The third-order valence-corrected chi connectivity index (χ3v) is 8.75.